The molecule has 1 fully saturated rings. The zero-order chi connectivity index (χ0) is 27.0. The highest BCUT2D eigenvalue weighted by atomic mass is 32.2. The monoisotopic (exact) mass is 533 g/mol. The van der Waals surface area contributed by atoms with Crippen LogP contribution in [0.4, 0.5) is 0 Å². The zero-order valence-corrected chi connectivity index (χ0v) is 23.2. The minimum atomic E-state index is -3.49. The third-order valence-electron chi connectivity index (χ3n) is 7.61. The number of benzene rings is 3. The van der Waals surface area contributed by atoms with Crippen molar-refractivity contribution >= 4 is 21.0 Å². The number of likely N-dealkylation sites (tertiary alicyclic amines) is 1. The van der Waals surface area contributed by atoms with E-state index in [1.807, 2.05) is 43.3 Å². The summed E-state index contributed by atoms with van der Waals surface area (Å²) in [6.45, 7) is 9.29. The third kappa shape index (κ3) is 5.31. The van der Waals surface area contributed by atoms with Gasteiger partial charge in [-0.25, -0.2) is 8.42 Å². The molecule has 0 radical (unpaired) electrons. The summed E-state index contributed by atoms with van der Waals surface area (Å²) in [6.07, 6.45) is 1.92. The fourth-order valence-electron chi connectivity index (χ4n) is 5.46. The third-order valence-corrected chi connectivity index (χ3v) is 8.76. The molecular formula is C31H35NO5S. The Morgan fingerprint density at radius 2 is 1.82 bits per heavy atom. The first-order valence-corrected chi connectivity index (χ1v) is 15.0. The van der Waals surface area contributed by atoms with E-state index in [1.54, 1.807) is 30.3 Å². The Labute approximate surface area is 225 Å². The van der Waals surface area contributed by atoms with E-state index < -0.39 is 15.9 Å². The second kappa shape index (κ2) is 10.5. The van der Waals surface area contributed by atoms with E-state index in [-0.39, 0.29) is 10.6 Å². The van der Waals surface area contributed by atoms with Crippen molar-refractivity contribution in [2.24, 2.45) is 5.92 Å². The summed E-state index contributed by atoms with van der Waals surface area (Å²) in [7, 11) is -3.49. The van der Waals surface area contributed by atoms with Gasteiger partial charge >= 0.3 is 0 Å². The van der Waals surface area contributed by atoms with E-state index in [0.29, 0.717) is 24.0 Å². The molecule has 1 N–H and O–H groups in total. The van der Waals surface area contributed by atoms with E-state index in [9.17, 15) is 13.5 Å². The molecule has 1 unspecified atom stereocenters. The van der Waals surface area contributed by atoms with Crippen LogP contribution in [-0.2, 0) is 9.84 Å². The SMILES string of the molecule is CC1=C(c2ccccc2S(C)(=O)=O)C(c2ccc(OC[C@H](C)N3CC[C@@H](C)C3)cc2)Oc2ccc(O)cc21. The second-order valence-electron chi connectivity index (χ2n) is 10.6. The number of fused-ring (bicyclic) bond motifs is 1. The molecule has 1 saturated heterocycles. The fraction of sp³-hybridized carbons (Fsp3) is 0.355. The Hall–Kier alpha value is -3.29. The molecule has 0 aromatic heterocycles. The van der Waals surface area contributed by atoms with Crippen molar-refractivity contribution in [3.63, 3.8) is 0 Å². The molecule has 38 heavy (non-hydrogen) atoms. The Bertz CT molecular complexity index is 1460. The summed E-state index contributed by atoms with van der Waals surface area (Å²) in [4.78, 5) is 2.72. The maximum absolute atomic E-state index is 12.7. The minimum Gasteiger partial charge on any atom is -0.508 e. The number of hydrogen-bond acceptors (Lipinski definition) is 6. The highest BCUT2D eigenvalue weighted by Crippen LogP contribution is 2.48. The fourth-order valence-corrected chi connectivity index (χ4v) is 6.37. The van der Waals surface area contributed by atoms with Crippen molar-refractivity contribution in [2.75, 3.05) is 26.0 Å². The molecule has 2 aliphatic heterocycles. The predicted octanol–water partition coefficient (Wildman–Crippen LogP) is 5.97. The predicted molar refractivity (Wildman–Crippen MR) is 150 cm³/mol. The van der Waals surface area contributed by atoms with Crippen molar-refractivity contribution in [3.05, 3.63) is 83.4 Å². The molecule has 2 aliphatic rings. The summed E-state index contributed by atoms with van der Waals surface area (Å²) in [5, 5.41) is 10.1. The average molecular weight is 534 g/mol. The molecule has 3 atom stereocenters. The molecule has 0 amide bonds. The van der Waals surface area contributed by atoms with Crippen LogP contribution in [-0.4, -0.2) is 50.4 Å². The number of ether oxygens (including phenoxy) is 2. The molecule has 6 nitrogen and oxygen atoms in total. The molecule has 0 spiro atoms. The van der Waals surface area contributed by atoms with Crippen molar-refractivity contribution in [1.82, 2.24) is 4.90 Å². The van der Waals surface area contributed by atoms with Crippen LogP contribution in [0.5, 0.6) is 17.2 Å². The van der Waals surface area contributed by atoms with Gasteiger partial charge in [0.05, 0.1) is 4.90 Å². The number of hydrogen-bond donors (Lipinski definition) is 1. The van der Waals surface area contributed by atoms with Crippen molar-refractivity contribution in [3.8, 4) is 17.2 Å². The minimum absolute atomic E-state index is 0.125. The number of aromatic hydroxyl groups is 1. The van der Waals surface area contributed by atoms with Crippen molar-refractivity contribution < 1.29 is 23.0 Å². The van der Waals surface area contributed by atoms with Crippen LogP contribution in [0.15, 0.2) is 71.6 Å². The smallest absolute Gasteiger partial charge is 0.176 e. The lowest BCUT2D eigenvalue weighted by molar-refractivity contribution is 0.169. The lowest BCUT2D eigenvalue weighted by Crippen LogP contribution is -2.35. The summed E-state index contributed by atoms with van der Waals surface area (Å²) in [5.41, 5.74) is 3.84. The Morgan fingerprint density at radius 1 is 1.08 bits per heavy atom. The first-order valence-electron chi connectivity index (χ1n) is 13.1. The summed E-state index contributed by atoms with van der Waals surface area (Å²) in [6, 6.07) is 20.2. The quantitative estimate of drug-likeness (QED) is 0.403. The Balaban J connectivity index is 1.48. The molecule has 7 heteroatoms. The van der Waals surface area contributed by atoms with Crippen LogP contribution < -0.4 is 9.47 Å². The van der Waals surface area contributed by atoms with Crippen molar-refractivity contribution in [1.29, 1.82) is 0 Å². The zero-order valence-electron chi connectivity index (χ0n) is 22.3. The molecule has 0 bridgehead atoms. The topological polar surface area (TPSA) is 76.1 Å². The molecule has 0 saturated carbocycles. The lowest BCUT2D eigenvalue weighted by atomic mass is 9.86. The van der Waals surface area contributed by atoms with Gasteiger partial charge < -0.3 is 14.6 Å². The highest BCUT2D eigenvalue weighted by molar-refractivity contribution is 7.90. The van der Waals surface area contributed by atoms with E-state index >= 15 is 0 Å². The maximum atomic E-state index is 12.7. The van der Waals surface area contributed by atoms with Gasteiger partial charge in [0.25, 0.3) is 0 Å². The van der Waals surface area contributed by atoms with Crippen LogP contribution >= 0.6 is 0 Å². The van der Waals surface area contributed by atoms with Gasteiger partial charge in [-0.1, -0.05) is 37.3 Å². The van der Waals surface area contributed by atoms with E-state index in [1.165, 1.54) is 12.7 Å². The molecule has 200 valence electrons. The van der Waals surface area contributed by atoms with E-state index in [4.69, 9.17) is 9.47 Å². The van der Waals surface area contributed by atoms with Gasteiger partial charge in [-0.05, 0) is 80.3 Å². The lowest BCUT2D eigenvalue weighted by Gasteiger charge is -2.32. The molecular weight excluding hydrogens is 498 g/mol. The van der Waals surface area contributed by atoms with Crippen molar-refractivity contribution in [2.45, 2.75) is 44.2 Å². The van der Waals surface area contributed by atoms with Crippen LogP contribution in [0, 0.1) is 5.92 Å². The number of phenolic OH excluding ortho intramolecular Hbond substituents is 1. The molecule has 3 aromatic rings. The summed E-state index contributed by atoms with van der Waals surface area (Å²) < 4.78 is 38.0. The van der Waals surface area contributed by atoms with E-state index in [2.05, 4.69) is 18.7 Å². The maximum Gasteiger partial charge on any atom is 0.176 e. The van der Waals surface area contributed by atoms with E-state index in [0.717, 1.165) is 47.0 Å². The Kier molecular flexibility index (Phi) is 7.25. The van der Waals surface area contributed by atoms with Gasteiger partial charge in [-0.2, -0.15) is 0 Å². The van der Waals surface area contributed by atoms with Crippen LogP contribution in [0.2, 0.25) is 0 Å². The van der Waals surface area contributed by atoms with Crippen LogP contribution in [0.3, 0.4) is 0 Å². The first-order chi connectivity index (χ1) is 18.1. The summed E-state index contributed by atoms with van der Waals surface area (Å²) in [5.74, 6) is 2.28. The Morgan fingerprint density at radius 3 is 2.50 bits per heavy atom. The van der Waals surface area contributed by atoms with Gasteiger partial charge in [0.2, 0.25) is 0 Å². The van der Waals surface area contributed by atoms with Gasteiger partial charge in [0.15, 0.2) is 9.84 Å². The molecule has 5 rings (SSSR count). The number of rotatable bonds is 7. The van der Waals surface area contributed by atoms with Gasteiger partial charge in [-0.3, -0.25) is 4.90 Å². The largest absolute Gasteiger partial charge is 0.508 e. The summed E-state index contributed by atoms with van der Waals surface area (Å²) >= 11 is 0. The molecule has 0 aliphatic carbocycles. The first kappa shape index (κ1) is 26.3. The molecule has 2 heterocycles. The van der Waals surface area contributed by atoms with Gasteiger partial charge in [-0.15, -0.1) is 0 Å². The highest BCUT2D eigenvalue weighted by Gasteiger charge is 2.32. The van der Waals surface area contributed by atoms with Crippen LogP contribution in [0.1, 0.15) is 50.0 Å². The normalized spacial score (nSPS) is 20.6. The average Bonchev–Trinajstić information content (AvgIpc) is 3.34. The number of allylic oxidation sites excluding steroid dienone is 1. The number of nitrogens with zero attached hydrogens (tertiary/aromatic N) is 1. The van der Waals surface area contributed by atoms with Gasteiger partial charge in [0, 0.05) is 35.5 Å². The standard InChI is InChI=1S/C31H35NO5S/c1-20-15-16-32(18-20)21(2)19-36-25-12-9-23(10-13-25)31-30(26-7-5-6-8-29(26)38(4,34)35)22(3)27-17-24(33)11-14-28(27)37-31/h5-14,17,20-21,31,33H,15-16,18-19H2,1-4H3/t20-,21+,31?/m1/s1. The number of sulfone groups is 1. The second-order valence-corrected chi connectivity index (χ2v) is 12.6. The van der Waals surface area contributed by atoms with Crippen LogP contribution in [0.25, 0.3) is 11.1 Å². The van der Waals surface area contributed by atoms with Gasteiger partial charge in [0.1, 0.15) is 30.0 Å². The molecule has 3 aromatic carbocycles. The number of phenols is 1.